The number of nitrogens with one attached hydrogen (secondary N) is 1. The van der Waals surface area contributed by atoms with Crippen LogP contribution in [0.3, 0.4) is 0 Å². The van der Waals surface area contributed by atoms with Crippen molar-refractivity contribution in [1.82, 2.24) is 4.31 Å². The molecule has 44 heavy (non-hydrogen) atoms. The number of carbonyl (C=O) groups is 1. The number of aryl methyl sites for hydroxylation is 1. The molecule has 13 heteroatoms. The van der Waals surface area contributed by atoms with Crippen molar-refractivity contribution in [2.24, 2.45) is 0 Å². The smallest absolute Gasteiger partial charge is 0.419 e. The van der Waals surface area contributed by atoms with Crippen LogP contribution in [0.2, 0.25) is 10.0 Å². The van der Waals surface area contributed by atoms with Gasteiger partial charge in [0.1, 0.15) is 17.3 Å². The maximum atomic E-state index is 14.0. The lowest BCUT2D eigenvalue weighted by Gasteiger charge is -2.30. The van der Waals surface area contributed by atoms with Gasteiger partial charge in [-0.3, -0.25) is 4.79 Å². The van der Waals surface area contributed by atoms with E-state index in [0.29, 0.717) is 51.3 Å². The molecule has 0 saturated carbocycles. The van der Waals surface area contributed by atoms with E-state index in [9.17, 15) is 30.8 Å². The fourth-order valence-corrected chi connectivity index (χ4v) is 6.87. The van der Waals surface area contributed by atoms with E-state index in [1.54, 1.807) is 37.3 Å². The monoisotopic (exact) mass is 666 g/mol. The topological polar surface area (TPSA) is 75.7 Å². The number of anilines is 1. The molecule has 5 rings (SSSR count). The van der Waals surface area contributed by atoms with Crippen molar-refractivity contribution in [2.75, 3.05) is 11.9 Å². The van der Waals surface area contributed by atoms with Crippen LogP contribution in [0.5, 0.6) is 11.5 Å². The Kier molecular flexibility index (Phi) is 8.95. The summed E-state index contributed by atoms with van der Waals surface area (Å²) in [5, 5.41) is 3.57. The van der Waals surface area contributed by atoms with Gasteiger partial charge in [-0.15, -0.1) is 0 Å². The molecule has 0 fully saturated rings. The number of rotatable bonds is 7. The van der Waals surface area contributed by atoms with Crippen LogP contribution >= 0.6 is 23.2 Å². The molecule has 1 amide bonds. The molecule has 0 unspecified atom stereocenters. The van der Waals surface area contributed by atoms with Crippen molar-refractivity contribution in [3.05, 3.63) is 116 Å². The highest BCUT2D eigenvalue weighted by molar-refractivity contribution is 7.89. The Balaban J connectivity index is 1.29. The highest BCUT2D eigenvalue weighted by Crippen LogP contribution is 2.34. The van der Waals surface area contributed by atoms with E-state index in [1.165, 1.54) is 28.6 Å². The summed E-state index contributed by atoms with van der Waals surface area (Å²) in [7, 11) is -3.88. The van der Waals surface area contributed by atoms with Crippen LogP contribution in [0, 0.1) is 12.7 Å². The van der Waals surface area contributed by atoms with Gasteiger partial charge in [0, 0.05) is 28.8 Å². The van der Waals surface area contributed by atoms with Crippen molar-refractivity contribution in [3.8, 4) is 11.5 Å². The number of hydrogen-bond acceptors (Lipinski definition) is 4. The highest BCUT2D eigenvalue weighted by Gasteiger charge is 2.34. The van der Waals surface area contributed by atoms with Crippen LogP contribution in [-0.4, -0.2) is 25.2 Å². The SMILES string of the molecule is Cc1ccc2c(c1NC(=O)Cc1ccc(C(F)(F)F)c(F)c1)CCN(S(=O)(=O)c1ccc(Oc3cc(Cl)cc(Cl)c3)cc1)C2. The molecule has 0 bridgehead atoms. The van der Waals surface area contributed by atoms with Gasteiger partial charge < -0.3 is 10.1 Å². The van der Waals surface area contributed by atoms with Gasteiger partial charge >= 0.3 is 6.18 Å². The molecule has 0 saturated heterocycles. The first-order valence-electron chi connectivity index (χ1n) is 13.2. The molecule has 1 aliphatic rings. The van der Waals surface area contributed by atoms with Crippen LogP contribution in [0.1, 0.15) is 27.8 Å². The number of amides is 1. The summed E-state index contributed by atoms with van der Waals surface area (Å²) < 4.78 is 86.6. The van der Waals surface area contributed by atoms with Gasteiger partial charge in [-0.05, 0) is 90.2 Å². The molecule has 0 atom stereocenters. The predicted octanol–water partition coefficient (Wildman–Crippen LogP) is 8.18. The van der Waals surface area contributed by atoms with Gasteiger partial charge in [-0.1, -0.05) is 41.4 Å². The van der Waals surface area contributed by atoms with Gasteiger partial charge in [0.15, 0.2) is 0 Å². The zero-order valence-electron chi connectivity index (χ0n) is 23.0. The summed E-state index contributed by atoms with van der Waals surface area (Å²) >= 11 is 12.0. The minimum Gasteiger partial charge on any atom is -0.457 e. The minimum absolute atomic E-state index is 0.0597. The molecular formula is C31H24Cl2F4N2O4S. The second kappa shape index (κ2) is 12.4. The standard InChI is InChI=1S/C31H24Cl2F4N2O4S/c1-18-2-4-20-17-39(44(41,42)25-7-5-23(6-8-25)43-24-15-21(32)14-22(33)16-24)11-10-26(20)30(18)38-29(40)13-19-3-9-27(28(34)12-19)31(35,36)37/h2-9,12,14-16H,10-11,13,17H2,1H3,(H,38,40). The summed E-state index contributed by atoms with van der Waals surface area (Å²) in [4.78, 5) is 12.9. The zero-order valence-corrected chi connectivity index (χ0v) is 25.3. The predicted molar refractivity (Wildman–Crippen MR) is 159 cm³/mol. The van der Waals surface area contributed by atoms with Crippen molar-refractivity contribution < 1.29 is 35.5 Å². The third kappa shape index (κ3) is 7.02. The van der Waals surface area contributed by atoms with E-state index in [-0.39, 0.29) is 30.0 Å². The van der Waals surface area contributed by atoms with Crippen LogP contribution < -0.4 is 10.1 Å². The molecule has 0 radical (unpaired) electrons. The largest absolute Gasteiger partial charge is 0.457 e. The molecule has 1 heterocycles. The normalized spacial score (nSPS) is 13.8. The van der Waals surface area contributed by atoms with E-state index in [0.717, 1.165) is 17.2 Å². The third-order valence-electron chi connectivity index (χ3n) is 7.08. The van der Waals surface area contributed by atoms with Crippen LogP contribution in [0.15, 0.2) is 77.7 Å². The first-order chi connectivity index (χ1) is 20.7. The third-order valence-corrected chi connectivity index (χ3v) is 9.37. The fourth-order valence-electron chi connectivity index (χ4n) is 4.95. The van der Waals surface area contributed by atoms with E-state index < -0.39 is 33.5 Å². The first kappa shape index (κ1) is 31.8. The summed E-state index contributed by atoms with van der Waals surface area (Å²) in [6.45, 7) is 1.98. The number of carbonyl (C=O) groups excluding carboxylic acids is 1. The average molecular weight is 668 g/mol. The summed E-state index contributed by atoms with van der Waals surface area (Å²) in [5.41, 5.74) is 1.36. The van der Waals surface area contributed by atoms with Crippen LogP contribution in [0.25, 0.3) is 0 Å². The number of sulfonamides is 1. The summed E-state index contributed by atoms with van der Waals surface area (Å²) in [5.74, 6) is -1.21. The van der Waals surface area contributed by atoms with Gasteiger partial charge in [-0.2, -0.15) is 17.5 Å². The molecule has 230 valence electrons. The molecule has 0 aliphatic carbocycles. The minimum atomic E-state index is -4.84. The highest BCUT2D eigenvalue weighted by atomic mass is 35.5. The number of halogens is 6. The maximum Gasteiger partial charge on any atom is 0.419 e. The number of alkyl halides is 3. The Hall–Kier alpha value is -3.64. The molecule has 1 aliphatic heterocycles. The summed E-state index contributed by atoms with van der Waals surface area (Å²) in [6.07, 6.45) is -4.88. The van der Waals surface area contributed by atoms with Gasteiger partial charge in [0.25, 0.3) is 0 Å². The average Bonchev–Trinajstić information content (AvgIpc) is 2.93. The number of ether oxygens (including phenoxy) is 1. The maximum absolute atomic E-state index is 14.0. The number of benzene rings is 4. The molecule has 1 N–H and O–H groups in total. The van der Waals surface area contributed by atoms with E-state index in [4.69, 9.17) is 27.9 Å². The number of fused-ring (bicyclic) bond motifs is 1. The molecule has 6 nitrogen and oxygen atoms in total. The zero-order chi connectivity index (χ0) is 31.8. The second-order valence-electron chi connectivity index (χ2n) is 10.2. The molecule has 4 aromatic rings. The Morgan fingerprint density at radius 2 is 1.64 bits per heavy atom. The Morgan fingerprint density at radius 1 is 0.955 bits per heavy atom. The van der Waals surface area contributed by atoms with Crippen molar-refractivity contribution in [3.63, 3.8) is 0 Å². The van der Waals surface area contributed by atoms with E-state index in [1.807, 2.05) is 0 Å². The van der Waals surface area contributed by atoms with Gasteiger partial charge in [0.05, 0.1) is 16.9 Å². The van der Waals surface area contributed by atoms with Crippen molar-refractivity contribution >= 4 is 44.8 Å². The number of hydrogen-bond donors (Lipinski definition) is 1. The molecular weight excluding hydrogens is 643 g/mol. The van der Waals surface area contributed by atoms with E-state index in [2.05, 4.69) is 5.32 Å². The Labute approximate surface area is 261 Å². The summed E-state index contributed by atoms with van der Waals surface area (Å²) in [6, 6.07) is 16.6. The Morgan fingerprint density at radius 3 is 2.27 bits per heavy atom. The first-order valence-corrected chi connectivity index (χ1v) is 15.4. The molecule has 0 spiro atoms. The molecule has 4 aromatic carbocycles. The fraction of sp³-hybridized carbons (Fsp3) is 0.194. The number of nitrogens with zero attached hydrogens (tertiary/aromatic N) is 1. The van der Waals surface area contributed by atoms with E-state index >= 15 is 0 Å². The van der Waals surface area contributed by atoms with Crippen LogP contribution in [0.4, 0.5) is 23.2 Å². The lowest BCUT2D eigenvalue weighted by molar-refractivity contribution is -0.140. The quantitative estimate of drug-likeness (QED) is 0.202. The van der Waals surface area contributed by atoms with Crippen molar-refractivity contribution in [1.29, 1.82) is 0 Å². The lowest BCUT2D eigenvalue weighted by atomic mass is 9.95. The van der Waals surface area contributed by atoms with Gasteiger partial charge in [0.2, 0.25) is 15.9 Å². The lowest BCUT2D eigenvalue weighted by Crippen LogP contribution is -2.36. The Bertz CT molecular complexity index is 1830. The van der Waals surface area contributed by atoms with Gasteiger partial charge in [-0.25, -0.2) is 12.8 Å². The van der Waals surface area contributed by atoms with Crippen molar-refractivity contribution in [2.45, 2.75) is 37.4 Å². The van der Waals surface area contributed by atoms with Crippen LogP contribution in [-0.2, 0) is 40.4 Å². The second-order valence-corrected chi connectivity index (χ2v) is 13.0. The molecule has 0 aromatic heterocycles.